The number of nitrogens with one attached hydrogen (secondary N) is 4. The van der Waals surface area contributed by atoms with E-state index in [-0.39, 0.29) is 12.4 Å². The molecule has 0 rings (SSSR count). The lowest BCUT2D eigenvalue weighted by molar-refractivity contribution is -0.142. The summed E-state index contributed by atoms with van der Waals surface area (Å²) in [7, 11) is 0. The Morgan fingerprint density at radius 3 is 2.14 bits per heavy atom. The van der Waals surface area contributed by atoms with Gasteiger partial charge in [-0.3, -0.25) is 15.0 Å². The molecule has 0 aliphatic heterocycles. The Morgan fingerprint density at radius 2 is 1.59 bits per heavy atom. The van der Waals surface area contributed by atoms with Crippen LogP contribution in [-0.2, 0) is 14.4 Å². The Labute approximate surface area is 172 Å². The largest absolute Gasteiger partial charge is 0.480 e. The molecule has 0 heterocycles. The van der Waals surface area contributed by atoms with Crippen molar-refractivity contribution in [2.75, 3.05) is 13.1 Å². The first-order valence-corrected chi connectivity index (χ1v) is 10.1. The SMILES string of the molecule is CCCC[C@H](N)C(=O)N[C@@H](CCCCN)C(=O)N[C@@H](CCCNC(=N)N)C(=O)O. The van der Waals surface area contributed by atoms with Crippen molar-refractivity contribution < 1.29 is 19.5 Å². The zero-order valence-corrected chi connectivity index (χ0v) is 17.2. The normalized spacial score (nSPS) is 13.8. The summed E-state index contributed by atoms with van der Waals surface area (Å²) in [4.78, 5) is 36.4. The lowest BCUT2D eigenvalue weighted by atomic mass is 10.0. The molecule has 0 saturated heterocycles. The quantitative estimate of drug-likeness (QED) is 0.0883. The minimum atomic E-state index is -1.17. The van der Waals surface area contributed by atoms with Gasteiger partial charge in [0, 0.05) is 6.54 Å². The maximum atomic E-state index is 12.6. The number of hydrogen-bond donors (Lipinski definition) is 8. The van der Waals surface area contributed by atoms with Crippen molar-refractivity contribution in [1.29, 1.82) is 5.41 Å². The summed E-state index contributed by atoms with van der Waals surface area (Å²) in [6.45, 7) is 2.77. The van der Waals surface area contributed by atoms with Crippen molar-refractivity contribution in [3.63, 3.8) is 0 Å². The molecule has 3 atom stereocenters. The molecule has 0 fully saturated rings. The van der Waals surface area contributed by atoms with Gasteiger partial charge in [0.05, 0.1) is 6.04 Å². The molecule has 11 nitrogen and oxygen atoms in total. The Bertz CT molecular complexity index is 530. The number of rotatable bonds is 16. The van der Waals surface area contributed by atoms with E-state index >= 15 is 0 Å². The van der Waals surface area contributed by atoms with Crippen LogP contribution >= 0.6 is 0 Å². The first kappa shape index (κ1) is 26.6. The summed E-state index contributed by atoms with van der Waals surface area (Å²) >= 11 is 0. The van der Waals surface area contributed by atoms with Gasteiger partial charge in [0.1, 0.15) is 12.1 Å². The Balaban J connectivity index is 4.89. The topological polar surface area (TPSA) is 209 Å². The molecule has 0 unspecified atom stereocenters. The molecule has 0 spiro atoms. The fourth-order valence-corrected chi connectivity index (χ4v) is 2.65. The second-order valence-corrected chi connectivity index (χ2v) is 6.98. The summed E-state index contributed by atoms with van der Waals surface area (Å²) in [5.74, 6) is -2.37. The summed E-state index contributed by atoms with van der Waals surface area (Å²) < 4.78 is 0. The number of amides is 2. The lowest BCUT2D eigenvalue weighted by Gasteiger charge is -2.23. The standard InChI is InChI=1S/C18H37N7O4/c1-2-3-7-12(20)15(26)24-13(8-4-5-10-19)16(27)25-14(17(28)29)9-6-11-23-18(21)22/h12-14H,2-11,19-20H2,1H3,(H,24,26)(H,25,27)(H,28,29)(H4,21,22,23)/t12-,13-,14-/m0/s1. The Hall–Kier alpha value is -2.40. The predicted octanol–water partition coefficient (Wildman–Crippen LogP) is -1.05. The van der Waals surface area contributed by atoms with Crippen LogP contribution in [0.15, 0.2) is 0 Å². The van der Waals surface area contributed by atoms with E-state index < -0.39 is 35.9 Å². The molecule has 0 bridgehead atoms. The monoisotopic (exact) mass is 415 g/mol. The van der Waals surface area contributed by atoms with E-state index in [4.69, 9.17) is 22.6 Å². The zero-order valence-electron chi connectivity index (χ0n) is 17.2. The lowest BCUT2D eigenvalue weighted by Crippen LogP contribution is -2.54. The van der Waals surface area contributed by atoms with Gasteiger partial charge in [-0.25, -0.2) is 4.79 Å². The molecule has 11 heteroatoms. The molecule has 29 heavy (non-hydrogen) atoms. The number of aliphatic carboxylic acids is 1. The molecule has 168 valence electrons. The maximum Gasteiger partial charge on any atom is 0.326 e. The summed E-state index contributed by atoms with van der Waals surface area (Å²) in [5.41, 5.74) is 16.5. The number of carboxylic acids is 1. The second kappa shape index (κ2) is 15.5. The van der Waals surface area contributed by atoms with Crippen LogP contribution in [-0.4, -0.2) is 60.1 Å². The van der Waals surface area contributed by atoms with Crippen LogP contribution in [0.2, 0.25) is 0 Å². The number of nitrogens with two attached hydrogens (primary N) is 3. The van der Waals surface area contributed by atoms with E-state index in [0.29, 0.717) is 45.2 Å². The Morgan fingerprint density at radius 1 is 0.966 bits per heavy atom. The highest BCUT2D eigenvalue weighted by Gasteiger charge is 2.27. The van der Waals surface area contributed by atoms with Gasteiger partial charge in [-0.1, -0.05) is 19.8 Å². The van der Waals surface area contributed by atoms with Crippen LogP contribution in [0.5, 0.6) is 0 Å². The average Bonchev–Trinajstić information content (AvgIpc) is 2.66. The van der Waals surface area contributed by atoms with Crippen molar-refractivity contribution in [2.45, 2.75) is 76.4 Å². The van der Waals surface area contributed by atoms with Crippen LogP contribution in [0, 0.1) is 5.41 Å². The molecule has 0 aliphatic rings. The zero-order chi connectivity index (χ0) is 22.2. The van der Waals surface area contributed by atoms with Gasteiger partial charge >= 0.3 is 5.97 Å². The van der Waals surface area contributed by atoms with E-state index in [0.717, 1.165) is 12.8 Å². The van der Waals surface area contributed by atoms with E-state index in [1.165, 1.54) is 0 Å². The highest BCUT2D eigenvalue weighted by Crippen LogP contribution is 2.06. The average molecular weight is 416 g/mol. The van der Waals surface area contributed by atoms with Crippen LogP contribution in [0.4, 0.5) is 0 Å². The third-order valence-corrected chi connectivity index (χ3v) is 4.38. The molecular formula is C18H37N7O4. The van der Waals surface area contributed by atoms with Crippen molar-refractivity contribution in [2.24, 2.45) is 17.2 Å². The van der Waals surface area contributed by atoms with Crippen LogP contribution in [0.25, 0.3) is 0 Å². The number of carbonyl (C=O) groups excluding carboxylic acids is 2. The third kappa shape index (κ3) is 12.6. The van der Waals surface area contributed by atoms with Crippen LogP contribution < -0.4 is 33.2 Å². The molecule has 0 radical (unpaired) electrons. The predicted molar refractivity (Wildman–Crippen MR) is 111 cm³/mol. The minimum absolute atomic E-state index is 0.154. The third-order valence-electron chi connectivity index (χ3n) is 4.38. The number of carbonyl (C=O) groups is 3. The summed E-state index contributed by atoms with van der Waals surface area (Å²) in [5, 5.41) is 24.1. The van der Waals surface area contributed by atoms with Crippen molar-refractivity contribution in [3.8, 4) is 0 Å². The summed E-state index contributed by atoms with van der Waals surface area (Å²) in [6, 6.07) is -2.70. The molecular weight excluding hydrogens is 378 g/mol. The van der Waals surface area contributed by atoms with Crippen LogP contribution in [0.1, 0.15) is 58.3 Å². The van der Waals surface area contributed by atoms with E-state index in [9.17, 15) is 19.5 Å². The fourth-order valence-electron chi connectivity index (χ4n) is 2.65. The molecule has 0 aliphatic carbocycles. The van der Waals surface area contributed by atoms with Gasteiger partial charge in [0.15, 0.2) is 5.96 Å². The first-order chi connectivity index (χ1) is 13.7. The Kier molecular flexibility index (Phi) is 14.2. The van der Waals surface area contributed by atoms with E-state index in [2.05, 4.69) is 16.0 Å². The van der Waals surface area contributed by atoms with Gasteiger partial charge in [0.25, 0.3) is 0 Å². The van der Waals surface area contributed by atoms with Crippen molar-refractivity contribution in [1.82, 2.24) is 16.0 Å². The van der Waals surface area contributed by atoms with Gasteiger partial charge < -0.3 is 38.3 Å². The van der Waals surface area contributed by atoms with Crippen molar-refractivity contribution >= 4 is 23.7 Å². The number of guanidine groups is 1. The van der Waals surface area contributed by atoms with E-state index in [1.54, 1.807) is 0 Å². The molecule has 0 aromatic rings. The molecule has 11 N–H and O–H groups in total. The molecule has 2 amide bonds. The highest BCUT2D eigenvalue weighted by atomic mass is 16.4. The molecule has 0 aromatic carbocycles. The first-order valence-electron chi connectivity index (χ1n) is 10.1. The van der Waals surface area contributed by atoms with Crippen molar-refractivity contribution in [3.05, 3.63) is 0 Å². The molecule has 0 saturated carbocycles. The number of unbranched alkanes of at least 4 members (excludes halogenated alkanes) is 2. The van der Waals surface area contributed by atoms with Gasteiger partial charge in [-0.2, -0.15) is 0 Å². The highest BCUT2D eigenvalue weighted by molar-refractivity contribution is 5.91. The van der Waals surface area contributed by atoms with E-state index in [1.807, 2.05) is 6.92 Å². The van der Waals surface area contributed by atoms with Gasteiger partial charge in [0.2, 0.25) is 11.8 Å². The van der Waals surface area contributed by atoms with Crippen LogP contribution in [0.3, 0.4) is 0 Å². The molecule has 0 aromatic heterocycles. The summed E-state index contributed by atoms with van der Waals surface area (Å²) in [6.07, 6.45) is 4.39. The minimum Gasteiger partial charge on any atom is -0.480 e. The second-order valence-electron chi connectivity index (χ2n) is 6.98. The smallest absolute Gasteiger partial charge is 0.326 e. The van der Waals surface area contributed by atoms with Gasteiger partial charge in [-0.15, -0.1) is 0 Å². The number of hydrogen-bond acceptors (Lipinski definition) is 6. The fraction of sp³-hybridized carbons (Fsp3) is 0.778. The van der Waals surface area contributed by atoms with Gasteiger partial charge in [-0.05, 0) is 45.1 Å². The number of carboxylic acid groups (broad SMARTS) is 1. The maximum absolute atomic E-state index is 12.6.